The van der Waals surface area contributed by atoms with Gasteiger partial charge >= 0.3 is 0 Å². The van der Waals surface area contributed by atoms with E-state index in [1.807, 2.05) is 25.2 Å². The van der Waals surface area contributed by atoms with E-state index >= 15 is 0 Å². The largest absolute Gasteiger partial charge is 0.506 e. The standard InChI is InChI=1S/C13H20N4O.HI/c1-14-13(15-2)17-9-7-16(8-10-17)11-5-3-4-6-12(11)18;/h3-6,18H,7-10H2,1-2H3,(H,14,15);1H. The minimum atomic E-state index is 0. The van der Waals surface area contributed by atoms with Gasteiger partial charge < -0.3 is 20.2 Å². The third kappa shape index (κ3) is 3.65. The molecule has 0 bridgehead atoms. The summed E-state index contributed by atoms with van der Waals surface area (Å²) in [6.07, 6.45) is 0. The Morgan fingerprint density at radius 1 is 1.21 bits per heavy atom. The Kier molecular flexibility index (Phi) is 6.20. The molecule has 0 aliphatic carbocycles. The van der Waals surface area contributed by atoms with Crippen LogP contribution in [0.1, 0.15) is 0 Å². The van der Waals surface area contributed by atoms with Crippen molar-refractivity contribution < 1.29 is 5.11 Å². The first-order valence-electron chi connectivity index (χ1n) is 6.18. The lowest BCUT2D eigenvalue weighted by Gasteiger charge is -2.37. The smallest absolute Gasteiger partial charge is 0.193 e. The Morgan fingerprint density at radius 2 is 1.84 bits per heavy atom. The van der Waals surface area contributed by atoms with Gasteiger partial charge in [-0.05, 0) is 12.1 Å². The number of piperazine rings is 1. The maximum atomic E-state index is 9.84. The molecule has 106 valence electrons. The van der Waals surface area contributed by atoms with Gasteiger partial charge in [-0.15, -0.1) is 24.0 Å². The zero-order valence-electron chi connectivity index (χ0n) is 11.3. The van der Waals surface area contributed by atoms with Crippen LogP contribution in [0, 0.1) is 0 Å². The van der Waals surface area contributed by atoms with Crippen molar-refractivity contribution in [2.75, 3.05) is 45.2 Å². The Labute approximate surface area is 131 Å². The quantitative estimate of drug-likeness (QED) is 0.441. The molecule has 2 rings (SSSR count). The van der Waals surface area contributed by atoms with E-state index in [0.717, 1.165) is 37.8 Å². The average molecular weight is 376 g/mol. The van der Waals surface area contributed by atoms with Crippen LogP contribution < -0.4 is 10.2 Å². The molecule has 1 aromatic carbocycles. The number of benzene rings is 1. The number of hydrogen-bond donors (Lipinski definition) is 2. The van der Waals surface area contributed by atoms with Crippen LogP contribution in [0.25, 0.3) is 0 Å². The maximum absolute atomic E-state index is 9.84. The molecule has 0 spiro atoms. The normalized spacial score (nSPS) is 16.0. The Morgan fingerprint density at radius 3 is 2.37 bits per heavy atom. The summed E-state index contributed by atoms with van der Waals surface area (Å²) in [7, 11) is 3.68. The second-order valence-electron chi connectivity index (χ2n) is 4.26. The van der Waals surface area contributed by atoms with E-state index in [2.05, 4.69) is 20.1 Å². The van der Waals surface area contributed by atoms with Gasteiger partial charge in [0.1, 0.15) is 5.75 Å². The van der Waals surface area contributed by atoms with E-state index in [4.69, 9.17) is 0 Å². The fourth-order valence-electron chi connectivity index (χ4n) is 2.30. The number of halogens is 1. The second kappa shape index (κ2) is 7.42. The SMILES string of the molecule is CN=C(NC)N1CCN(c2ccccc2O)CC1.I. The van der Waals surface area contributed by atoms with Gasteiger partial charge in [0, 0.05) is 40.3 Å². The molecule has 5 nitrogen and oxygen atoms in total. The first-order chi connectivity index (χ1) is 8.76. The van der Waals surface area contributed by atoms with Crippen molar-refractivity contribution in [3.8, 4) is 5.75 Å². The molecule has 1 heterocycles. The number of aromatic hydroxyl groups is 1. The third-order valence-electron chi connectivity index (χ3n) is 3.24. The summed E-state index contributed by atoms with van der Waals surface area (Å²) in [5.41, 5.74) is 0.914. The summed E-state index contributed by atoms with van der Waals surface area (Å²) in [5.74, 6) is 1.27. The number of phenolic OH excluding ortho intramolecular Hbond substituents is 1. The monoisotopic (exact) mass is 376 g/mol. The van der Waals surface area contributed by atoms with E-state index in [1.165, 1.54) is 0 Å². The summed E-state index contributed by atoms with van der Waals surface area (Å²) >= 11 is 0. The Balaban J connectivity index is 0.00000180. The highest BCUT2D eigenvalue weighted by Gasteiger charge is 2.20. The first-order valence-corrected chi connectivity index (χ1v) is 6.18. The number of phenols is 1. The maximum Gasteiger partial charge on any atom is 0.193 e. The first kappa shape index (κ1) is 15.9. The van der Waals surface area contributed by atoms with E-state index in [-0.39, 0.29) is 24.0 Å². The summed E-state index contributed by atoms with van der Waals surface area (Å²) in [4.78, 5) is 8.63. The minimum absolute atomic E-state index is 0. The van der Waals surface area contributed by atoms with Crippen molar-refractivity contribution in [2.45, 2.75) is 0 Å². The molecule has 1 aliphatic heterocycles. The molecule has 0 saturated carbocycles. The molecular weight excluding hydrogens is 355 g/mol. The van der Waals surface area contributed by atoms with Crippen LogP contribution in [0.3, 0.4) is 0 Å². The van der Waals surface area contributed by atoms with E-state index in [0.29, 0.717) is 5.75 Å². The third-order valence-corrected chi connectivity index (χ3v) is 3.24. The van der Waals surface area contributed by atoms with Gasteiger partial charge in [0.15, 0.2) is 5.96 Å². The highest BCUT2D eigenvalue weighted by molar-refractivity contribution is 14.0. The van der Waals surface area contributed by atoms with Crippen molar-refractivity contribution in [3.05, 3.63) is 24.3 Å². The van der Waals surface area contributed by atoms with Gasteiger partial charge in [-0.1, -0.05) is 12.1 Å². The molecule has 1 saturated heterocycles. The molecule has 1 aromatic rings. The van der Waals surface area contributed by atoms with Crippen LogP contribution in [-0.2, 0) is 0 Å². The molecule has 19 heavy (non-hydrogen) atoms. The van der Waals surface area contributed by atoms with Crippen LogP contribution in [0.5, 0.6) is 5.75 Å². The number of aliphatic imine (C=N–C) groups is 1. The number of guanidine groups is 1. The molecule has 0 aromatic heterocycles. The van der Waals surface area contributed by atoms with E-state index in [1.54, 1.807) is 13.1 Å². The molecule has 0 radical (unpaired) electrons. The van der Waals surface area contributed by atoms with Gasteiger partial charge in [0.25, 0.3) is 0 Å². The Bertz CT molecular complexity index is 430. The van der Waals surface area contributed by atoms with Gasteiger partial charge in [0.2, 0.25) is 0 Å². The highest BCUT2D eigenvalue weighted by atomic mass is 127. The number of nitrogens with zero attached hydrogens (tertiary/aromatic N) is 3. The van der Waals surface area contributed by atoms with Gasteiger partial charge in [-0.25, -0.2) is 0 Å². The molecule has 6 heteroatoms. The summed E-state index contributed by atoms with van der Waals surface area (Å²) in [5, 5.41) is 12.9. The fraction of sp³-hybridized carbons (Fsp3) is 0.462. The van der Waals surface area contributed by atoms with Gasteiger partial charge in [-0.3, -0.25) is 4.99 Å². The van der Waals surface area contributed by atoms with Crippen LogP contribution >= 0.6 is 24.0 Å². The zero-order chi connectivity index (χ0) is 13.0. The Hall–Kier alpha value is -1.18. The van der Waals surface area contributed by atoms with Crippen molar-refractivity contribution in [2.24, 2.45) is 4.99 Å². The van der Waals surface area contributed by atoms with Crippen LogP contribution in [0.15, 0.2) is 29.3 Å². The summed E-state index contributed by atoms with van der Waals surface area (Å²) < 4.78 is 0. The minimum Gasteiger partial charge on any atom is -0.506 e. The fourth-order valence-corrected chi connectivity index (χ4v) is 2.30. The molecular formula is C13H21IN4O. The van der Waals surface area contributed by atoms with Crippen LogP contribution in [0.2, 0.25) is 0 Å². The predicted octanol–water partition coefficient (Wildman–Crippen LogP) is 1.34. The van der Waals surface area contributed by atoms with Crippen molar-refractivity contribution in [3.63, 3.8) is 0 Å². The summed E-state index contributed by atoms with van der Waals surface area (Å²) in [6.45, 7) is 3.58. The molecule has 0 atom stereocenters. The van der Waals surface area contributed by atoms with Crippen molar-refractivity contribution in [1.29, 1.82) is 0 Å². The van der Waals surface area contributed by atoms with Crippen LogP contribution in [0.4, 0.5) is 5.69 Å². The van der Waals surface area contributed by atoms with Crippen molar-refractivity contribution in [1.82, 2.24) is 10.2 Å². The molecule has 2 N–H and O–H groups in total. The number of nitrogens with one attached hydrogen (secondary N) is 1. The topological polar surface area (TPSA) is 51.1 Å². The highest BCUT2D eigenvalue weighted by Crippen LogP contribution is 2.27. The predicted molar refractivity (Wildman–Crippen MR) is 89.7 cm³/mol. The second-order valence-corrected chi connectivity index (χ2v) is 4.26. The average Bonchev–Trinajstić information content (AvgIpc) is 2.42. The molecule has 1 aliphatic rings. The lowest BCUT2D eigenvalue weighted by atomic mass is 10.2. The van der Waals surface area contributed by atoms with E-state index in [9.17, 15) is 5.11 Å². The molecule has 1 fully saturated rings. The van der Waals surface area contributed by atoms with Crippen molar-refractivity contribution >= 4 is 35.6 Å². The van der Waals surface area contributed by atoms with Crippen LogP contribution in [-0.4, -0.2) is 56.2 Å². The lowest BCUT2D eigenvalue weighted by molar-refractivity contribution is 0.372. The van der Waals surface area contributed by atoms with E-state index < -0.39 is 0 Å². The number of rotatable bonds is 1. The summed E-state index contributed by atoms with van der Waals surface area (Å²) in [6, 6.07) is 7.48. The number of para-hydroxylation sites is 2. The zero-order valence-corrected chi connectivity index (χ0v) is 13.7. The molecule has 0 amide bonds. The number of anilines is 1. The van der Waals surface area contributed by atoms with Gasteiger partial charge in [-0.2, -0.15) is 0 Å². The molecule has 0 unspecified atom stereocenters. The lowest BCUT2D eigenvalue weighted by Crippen LogP contribution is -2.51. The number of hydrogen-bond acceptors (Lipinski definition) is 3. The van der Waals surface area contributed by atoms with Gasteiger partial charge in [0.05, 0.1) is 5.69 Å².